The number of aliphatic hydroxyl groups is 1. The second-order valence-corrected chi connectivity index (χ2v) is 5.52. The Hall–Kier alpha value is -1.92. The minimum absolute atomic E-state index is 0.0637. The van der Waals surface area contributed by atoms with E-state index in [0.29, 0.717) is 6.42 Å². The van der Waals surface area contributed by atoms with Crippen molar-refractivity contribution in [3.63, 3.8) is 0 Å². The van der Waals surface area contributed by atoms with Gasteiger partial charge in [0.1, 0.15) is 11.6 Å². The van der Waals surface area contributed by atoms with E-state index < -0.39 is 23.7 Å². The van der Waals surface area contributed by atoms with Crippen LogP contribution >= 0.6 is 0 Å². The Bertz CT molecular complexity index is 634. The molecule has 2 N–H and O–H groups in total. The van der Waals surface area contributed by atoms with Crippen molar-refractivity contribution in [2.75, 3.05) is 6.54 Å². The summed E-state index contributed by atoms with van der Waals surface area (Å²) in [4.78, 5) is 3.59. The quantitative estimate of drug-likeness (QED) is 0.769. The molecule has 0 aliphatic carbocycles. The van der Waals surface area contributed by atoms with Crippen LogP contribution in [-0.4, -0.2) is 22.7 Å². The van der Waals surface area contributed by atoms with Crippen LogP contribution in [0.25, 0.3) is 0 Å². The maximum atomic E-state index is 13.6. The molecule has 0 saturated carbocycles. The molecule has 2 atom stereocenters. The van der Waals surface area contributed by atoms with Crippen LogP contribution in [0.3, 0.4) is 0 Å². The Morgan fingerprint density at radius 3 is 2.61 bits per heavy atom. The fourth-order valence-corrected chi connectivity index (χ4v) is 2.23. The zero-order valence-electron chi connectivity index (χ0n) is 12.8. The summed E-state index contributed by atoms with van der Waals surface area (Å²) in [5.74, 6) is -1.94. The fourth-order valence-electron chi connectivity index (χ4n) is 2.23. The molecule has 3 nitrogen and oxygen atoms in total. The molecule has 2 rings (SSSR count). The molecule has 124 valence electrons. The molecule has 0 fully saturated rings. The normalized spacial score (nSPS) is 13.8. The average molecular weight is 324 g/mol. The predicted molar refractivity (Wildman–Crippen MR) is 81.3 cm³/mol. The van der Waals surface area contributed by atoms with Gasteiger partial charge in [-0.2, -0.15) is 4.39 Å². The Morgan fingerprint density at radius 1 is 1.17 bits per heavy atom. The number of hydrogen-bond acceptors (Lipinski definition) is 3. The van der Waals surface area contributed by atoms with Crippen molar-refractivity contribution in [1.29, 1.82) is 0 Å². The first-order valence-electron chi connectivity index (χ1n) is 7.42. The summed E-state index contributed by atoms with van der Waals surface area (Å²) in [7, 11) is 0. The number of benzene rings is 1. The molecule has 1 heterocycles. The molecule has 0 spiro atoms. The second-order valence-electron chi connectivity index (χ2n) is 5.52. The Balaban J connectivity index is 1.79. The van der Waals surface area contributed by atoms with Crippen LogP contribution in [0.5, 0.6) is 0 Å². The summed E-state index contributed by atoms with van der Waals surface area (Å²) in [5.41, 5.74) is 0.985. The van der Waals surface area contributed by atoms with Gasteiger partial charge in [0, 0.05) is 30.4 Å². The van der Waals surface area contributed by atoms with Gasteiger partial charge in [0.15, 0.2) is 0 Å². The van der Waals surface area contributed by atoms with Gasteiger partial charge in [-0.3, -0.25) is 0 Å². The van der Waals surface area contributed by atoms with Crippen LogP contribution in [0.1, 0.15) is 30.6 Å². The summed E-state index contributed by atoms with van der Waals surface area (Å²) in [6, 6.07) is 6.17. The number of aryl methyl sites for hydroxylation is 1. The largest absolute Gasteiger partial charge is 0.387 e. The summed E-state index contributed by atoms with van der Waals surface area (Å²) >= 11 is 0. The number of rotatable bonds is 7. The average Bonchev–Trinajstić information content (AvgIpc) is 2.52. The number of halogens is 3. The van der Waals surface area contributed by atoms with Crippen LogP contribution in [-0.2, 0) is 6.42 Å². The Morgan fingerprint density at radius 2 is 1.96 bits per heavy atom. The summed E-state index contributed by atoms with van der Waals surface area (Å²) in [6.07, 6.45) is 1.91. The first-order chi connectivity index (χ1) is 11.0. The lowest BCUT2D eigenvalue weighted by molar-refractivity contribution is 0.165. The smallest absolute Gasteiger partial charge is 0.212 e. The molecule has 0 bridgehead atoms. The molecular formula is C17H19F3N2O. The van der Waals surface area contributed by atoms with Crippen LogP contribution in [0.15, 0.2) is 36.5 Å². The van der Waals surface area contributed by atoms with Crippen molar-refractivity contribution in [3.05, 3.63) is 65.2 Å². The predicted octanol–water partition coefficient (Wildman–Crippen LogP) is 3.14. The summed E-state index contributed by atoms with van der Waals surface area (Å²) < 4.78 is 39.1. The highest BCUT2D eigenvalue weighted by Gasteiger charge is 2.14. The lowest BCUT2D eigenvalue weighted by Gasteiger charge is -2.18. The van der Waals surface area contributed by atoms with Crippen LogP contribution in [0.2, 0.25) is 0 Å². The third-order valence-corrected chi connectivity index (χ3v) is 3.64. The molecule has 23 heavy (non-hydrogen) atoms. The van der Waals surface area contributed by atoms with Crippen molar-refractivity contribution < 1.29 is 18.3 Å². The van der Waals surface area contributed by atoms with Crippen molar-refractivity contribution >= 4 is 0 Å². The van der Waals surface area contributed by atoms with Crippen molar-refractivity contribution in [2.45, 2.75) is 31.9 Å². The van der Waals surface area contributed by atoms with E-state index >= 15 is 0 Å². The first-order valence-corrected chi connectivity index (χ1v) is 7.42. The lowest BCUT2D eigenvalue weighted by Crippen LogP contribution is -2.31. The van der Waals surface area contributed by atoms with Gasteiger partial charge in [-0.05, 0) is 37.5 Å². The fraction of sp³-hybridized carbons (Fsp3) is 0.353. The van der Waals surface area contributed by atoms with E-state index in [1.165, 1.54) is 18.3 Å². The SMILES string of the molecule is CC(CCc1ccc(F)nc1)NCC(O)c1ccc(F)cc1F. The number of hydrogen-bond donors (Lipinski definition) is 2. The number of aromatic nitrogens is 1. The zero-order valence-corrected chi connectivity index (χ0v) is 12.8. The molecule has 0 saturated heterocycles. The van der Waals surface area contributed by atoms with Crippen LogP contribution in [0, 0.1) is 17.6 Å². The number of aliphatic hydroxyl groups excluding tert-OH is 1. The summed E-state index contributed by atoms with van der Waals surface area (Å²) in [5, 5.41) is 13.1. The van der Waals surface area contributed by atoms with Gasteiger partial charge in [0.25, 0.3) is 0 Å². The Kier molecular flexibility index (Phi) is 6.12. The maximum Gasteiger partial charge on any atom is 0.212 e. The monoisotopic (exact) mass is 324 g/mol. The van der Waals surface area contributed by atoms with E-state index in [-0.39, 0.29) is 18.2 Å². The highest BCUT2D eigenvalue weighted by atomic mass is 19.1. The van der Waals surface area contributed by atoms with Gasteiger partial charge in [-0.1, -0.05) is 12.1 Å². The summed E-state index contributed by atoms with van der Waals surface area (Å²) in [6.45, 7) is 2.09. The third-order valence-electron chi connectivity index (χ3n) is 3.64. The molecule has 0 amide bonds. The van der Waals surface area contributed by atoms with Gasteiger partial charge in [0.05, 0.1) is 6.10 Å². The molecule has 1 aromatic carbocycles. The van der Waals surface area contributed by atoms with Crippen LogP contribution < -0.4 is 5.32 Å². The second kappa shape index (κ2) is 8.08. The Labute approximate surface area is 133 Å². The minimum Gasteiger partial charge on any atom is -0.387 e. The molecule has 0 aliphatic rings. The van der Waals surface area contributed by atoms with Gasteiger partial charge < -0.3 is 10.4 Å². The third kappa shape index (κ3) is 5.33. The number of nitrogens with one attached hydrogen (secondary N) is 1. The van der Waals surface area contributed by atoms with Gasteiger partial charge in [-0.15, -0.1) is 0 Å². The molecule has 2 unspecified atom stereocenters. The molecular weight excluding hydrogens is 305 g/mol. The molecule has 0 aliphatic heterocycles. The topological polar surface area (TPSA) is 45.2 Å². The van der Waals surface area contributed by atoms with Crippen molar-refractivity contribution in [2.24, 2.45) is 0 Å². The highest BCUT2D eigenvalue weighted by Crippen LogP contribution is 2.17. The van der Waals surface area contributed by atoms with Gasteiger partial charge in [0.2, 0.25) is 5.95 Å². The van der Waals surface area contributed by atoms with Gasteiger partial charge in [-0.25, -0.2) is 13.8 Å². The standard InChI is InChI=1S/C17H19F3N2O/c1-11(2-3-12-4-7-17(20)22-9-12)21-10-16(23)14-6-5-13(18)8-15(14)19/h4-9,11,16,21,23H,2-3,10H2,1H3. The zero-order chi connectivity index (χ0) is 16.8. The van der Waals surface area contributed by atoms with Gasteiger partial charge >= 0.3 is 0 Å². The maximum absolute atomic E-state index is 13.6. The molecule has 0 radical (unpaired) electrons. The van der Waals surface area contributed by atoms with E-state index in [1.807, 2.05) is 6.92 Å². The number of nitrogens with zero attached hydrogens (tertiary/aromatic N) is 1. The van der Waals surface area contributed by atoms with Crippen molar-refractivity contribution in [3.8, 4) is 0 Å². The van der Waals surface area contributed by atoms with Crippen molar-refractivity contribution in [1.82, 2.24) is 10.3 Å². The van der Waals surface area contributed by atoms with E-state index in [0.717, 1.165) is 24.1 Å². The minimum atomic E-state index is -1.05. The van der Waals surface area contributed by atoms with Crippen LogP contribution in [0.4, 0.5) is 13.2 Å². The first kappa shape index (κ1) is 17.4. The number of pyridine rings is 1. The van der Waals surface area contributed by atoms with E-state index in [2.05, 4.69) is 10.3 Å². The van der Waals surface area contributed by atoms with E-state index in [4.69, 9.17) is 0 Å². The molecule has 6 heteroatoms. The molecule has 1 aromatic heterocycles. The highest BCUT2D eigenvalue weighted by molar-refractivity contribution is 5.21. The lowest BCUT2D eigenvalue weighted by atomic mass is 10.1. The van der Waals surface area contributed by atoms with E-state index in [9.17, 15) is 18.3 Å². The van der Waals surface area contributed by atoms with E-state index in [1.54, 1.807) is 6.07 Å². The molecule has 2 aromatic rings.